The number of nitrogens with zero attached hydrogens (tertiary/aromatic N) is 3. The number of carbonyl (C=O) groups is 1. The smallest absolute Gasteiger partial charge is 0.332 e. The summed E-state index contributed by atoms with van der Waals surface area (Å²) in [5.41, 5.74) is -0.407. The summed E-state index contributed by atoms with van der Waals surface area (Å²) in [5, 5.41) is 0.210. The number of thiazole rings is 1. The predicted octanol–water partition coefficient (Wildman–Crippen LogP) is 5.93. The SMILES string of the molecule is Cn1cncc1-c1nc(CC(=O)c2c(F)cccc2F)sc1-c1cccc(C(F)(F)F)c1. The average Bonchev–Trinajstić information content (AvgIpc) is 3.33. The van der Waals surface area contributed by atoms with E-state index in [0.29, 0.717) is 16.3 Å². The van der Waals surface area contributed by atoms with Gasteiger partial charge in [0.05, 0.1) is 40.6 Å². The Labute approximate surface area is 183 Å². The third kappa shape index (κ3) is 4.18. The third-order valence-electron chi connectivity index (χ3n) is 4.74. The molecule has 0 amide bonds. The van der Waals surface area contributed by atoms with E-state index >= 15 is 0 Å². The molecular weight excluding hydrogens is 449 g/mol. The predicted molar refractivity (Wildman–Crippen MR) is 109 cm³/mol. The molecule has 0 fully saturated rings. The van der Waals surface area contributed by atoms with Gasteiger partial charge in [-0.05, 0) is 29.8 Å². The Hall–Kier alpha value is -3.40. The summed E-state index contributed by atoms with van der Waals surface area (Å²) in [5.74, 6) is -2.80. The molecule has 0 atom stereocenters. The van der Waals surface area contributed by atoms with Crippen molar-refractivity contribution in [3.63, 3.8) is 0 Å². The van der Waals surface area contributed by atoms with E-state index in [2.05, 4.69) is 9.97 Å². The summed E-state index contributed by atoms with van der Waals surface area (Å²) < 4.78 is 69.3. The first kappa shape index (κ1) is 21.8. The molecule has 2 heterocycles. The molecule has 0 N–H and O–H groups in total. The molecule has 4 nitrogen and oxygen atoms in total. The van der Waals surface area contributed by atoms with Crippen molar-refractivity contribution in [3.05, 3.63) is 82.8 Å². The minimum Gasteiger partial charge on any atom is -0.332 e. The fourth-order valence-corrected chi connectivity index (χ4v) is 4.29. The second-order valence-corrected chi connectivity index (χ2v) is 8.03. The van der Waals surface area contributed by atoms with E-state index in [4.69, 9.17) is 0 Å². The molecule has 0 saturated heterocycles. The number of aromatic nitrogens is 3. The lowest BCUT2D eigenvalue weighted by molar-refractivity contribution is -0.137. The van der Waals surface area contributed by atoms with E-state index in [9.17, 15) is 26.7 Å². The van der Waals surface area contributed by atoms with Gasteiger partial charge in [-0.15, -0.1) is 11.3 Å². The van der Waals surface area contributed by atoms with E-state index in [1.54, 1.807) is 11.6 Å². The molecule has 4 aromatic rings. The second-order valence-electron chi connectivity index (χ2n) is 6.95. The van der Waals surface area contributed by atoms with Crippen molar-refractivity contribution in [3.8, 4) is 21.8 Å². The maximum absolute atomic E-state index is 14.0. The van der Waals surface area contributed by atoms with Gasteiger partial charge in [-0.2, -0.15) is 13.2 Å². The molecule has 32 heavy (non-hydrogen) atoms. The zero-order valence-electron chi connectivity index (χ0n) is 16.5. The number of rotatable bonds is 5. The van der Waals surface area contributed by atoms with Crippen LogP contribution < -0.4 is 0 Å². The van der Waals surface area contributed by atoms with Crippen molar-refractivity contribution >= 4 is 17.1 Å². The Kier molecular flexibility index (Phi) is 5.64. The molecule has 0 spiro atoms. The van der Waals surface area contributed by atoms with Crippen LogP contribution in [0.1, 0.15) is 20.9 Å². The van der Waals surface area contributed by atoms with Gasteiger partial charge in [0.1, 0.15) is 22.3 Å². The first-order valence-corrected chi connectivity index (χ1v) is 10.1. The highest BCUT2D eigenvalue weighted by Crippen LogP contribution is 2.39. The molecule has 0 aliphatic carbocycles. The fraction of sp³-hybridized carbons (Fsp3) is 0.136. The third-order valence-corrected chi connectivity index (χ3v) is 5.84. The van der Waals surface area contributed by atoms with E-state index < -0.39 is 41.1 Å². The van der Waals surface area contributed by atoms with E-state index in [1.807, 2.05) is 0 Å². The summed E-state index contributed by atoms with van der Waals surface area (Å²) in [6.45, 7) is 0. The fourth-order valence-electron chi connectivity index (χ4n) is 3.22. The first-order valence-electron chi connectivity index (χ1n) is 9.26. The Balaban J connectivity index is 1.79. The van der Waals surface area contributed by atoms with Crippen LogP contribution in [0, 0.1) is 11.6 Å². The summed E-state index contributed by atoms with van der Waals surface area (Å²) in [6, 6.07) is 7.85. The maximum atomic E-state index is 14.0. The molecule has 0 saturated carbocycles. The molecule has 10 heteroatoms. The number of aryl methyl sites for hydroxylation is 1. The van der Waals surface area contributed by atoms with E-state index in [1.165, 1.54) is 24.7 Å². The second kappa shape index (κ2) is 8.27. The molecule has 2 aromatic carbocycles. The number of alkyl halides is 3. The van der Waals surface area contributed by atoms with Gasteiger partial charge in [-0.3, -0.25) is 4.79 Å². The normalized spacial score (nSPS) is 11.7. The van der Waals surface area contributed by atoms with Gasteiger partial charge in [-0.25, -0.2) is 18.7 Å². The van der Waals surface area contributed by atoms with E-state index in [-0.39, 0.29) is 10.6 Å². The number of hydrogen-bond donors (Lipinski definition) is 0. The number of hydrogen-bond acceptors (Lipinski definition) is 4. The maximum Gasteiger partial charge on any atom is 0.416 e. The minimum absolute atomic E-state index is 0.210. The first-order chi connectivity index (χ1) is 15.1. The molecule has 164 valence electrons. The summed E-state index contributed by atoms with van der Waals surface area (Å²) in [6.07, 6.45) is -1.95. The van der Waals surface area contributed by atoms with Gasteiger partial charge in [0.15, 0.2) is 5.78 Å². The van der Waals surface area contributed by atoms with Gasteiger partial charge < -0.3 is 4.57 Å². The molecule has 0 unspecified atom stereocenters. The van der Waals surface area contributed by atoms with Crippen LogP contribution in [0.5, 0.6) is 0 Å². The average molecular weight is 463 g/mol. The van der Waals surface area contributed by atoms with Gasteiger partial charge in [0, 0.05) is 7.05 Å². The highest BCUT2D eigenvalue weighted by Gasteiger charge is 2.31. The molecule has 0 aliphatic heterocycles. The Bertz CT molecular complexity index is 1290. The topological polar surface area (TPSA) is 47.8 Å². The lowest BCUT2D eigenvalue weighted by Gasteiger charge is -2.09. The van der Waals surface area contributed by atoms with E-state index in [0.717, 1.165) is 41.7 Å². The van der Waals surface area contributed by atoms with Crippen molar-refractivity contribution in [1.29, 1.82) is 0 Å². The number of Topliss-reactive ketones (excluding diaryl/α,β-unsaturated/α-hetero) is 1. The molecule has 0 radical (unpaired) electrons. The van der Waals surface area contributed by atoms with Crippen LogP contribution in [0.15, 0.2) is 55.0 Å². The van der Waals surface area contributed by atoms with Crippen LogP contribution in [-0.2, 0) is 19.6 Å². The quantitative estimate of drug-likeness (QED) is 0.272. The van der Waals surface area contributed by atoms with Gasteiger partial charge in [0.25, 0.3) is 0 Å². The zero-order chi connectivity index (χ0) is 23.0. The van der Waals surface area contributed by atoms with Crippen molar-refractivity contribution in [2.24, 2.45) is 7.05 Å². The number of ketones is 1. The Morgan fingerprint density at radius 1 is 1.09 bits per heavy atom. The van der Waals surface area contributed by atoms with Crippen molar-refractivity contribution in [1.82, 2.24) is 14.5 Å². The summed E-state index contributed by atoms with van der Waals surface area (Å²) in [7, 11) is 1.69. The van der Waals surface area contributed by atoms with Crippen LogP contribution in [0.25, 0.3) is 21.8 Å². The largest absolute Gasteiger partial charge is 0.416 e. The van der Waals surface area contributed by atoms with Crippen LogP contribution in [-0.4, -0.2) is 20.3 Å². The van der Waals surface area contributed by atoms with Crippen LogP contribution >= 0.6 is 11.3 Å². The van der Waals surface area contributed by atoms with Crippen LogP contribution in [0.3, 0.4) is 0 Å². The van der Waals surface area contributed by atoms with Gasteiger partial charge >= 0.3 is 6.18 Å². The van der Waals surface area contributed by atoms with Crippen molar-refractivity contribution in [2.75, 3.05) is 0 Å². The van der Waals surface area contributed by atoms with Crippen LogP contribution in [0.2, 0.25) is 0 Å². The summed E-state index contributed by atoms with van der Waals surface area (Å²) >= 11 is 0.988. The molecular formula is C22H14F5N3OS. The number of halogens is 5. The minimum atomic E-state index is -4.53. The number of carbonyl (C=O) groups excluding carboxylic acids is 1. The zero-order valence-corrected chi connectivity index (χ0v) is 17.3. The highest BCUT2D eigenvalue weighted by molar-refractivity contribution is 7.15. The standard InChI is InChI=1S/C22H14F5N3OS/c1-30-11-28-10-16(30)20-21(12-4-2-5-13(8-12)22(25,26)27)32-18(29-20)9-17(31)19-14(23)6-3-7-15(19)24/h2-8,10-11H,9H2,1H3. The lowest BCUT2D eigenvalue weighted by atomic mass is 10.1. The van der Waals surface area contributed by atoms with Gasteiger partial charge in [-0.1, -0.05) is 18.2 Å². The Morgan fingerprint density at radius 2 is 1.78 bits per heavy atom. The Morgan fingerprint density at radius 3 is 2.41 bits per heavy atom. The van der Waals surface area contributed by atoms with Crippen molar-refractivity contribution in [2.45, 2.75) is 12.6 Å². The van der Waals surface area contributed by atoms with Crippen molar-refractivity contribution < 1.29 is 26.7 Å². The summed E-state index contributed by atoms with van der Waals surface area (Å²) in [4.78, 5) is 21.4. The van der Waals surface area contributed by atoms with Crippen LogP contribution in [0.4, 0.5) is 22.0 Å². The monoisotopic (exact) mass is 463 g/mol. The lowest BCUT2D eigenvalue weighted by Crippen LogP contribution is -2.08. The highest BCUT2D eigenvalue weighted by atomic mass is 32.1. The molecule has 4 rings (SSSR count). The number of imidazole rings is 1. The molecule has 0 aliphatic rings. The molecule has 0 bridgehead atoms. The van der Waals surface area contributed by atoms with Gasteiger partial charge in [0.2, 0.25) is 0 Å². The molecule has 2 aromatic heterocycles. The number of benzene rings is 2.